The molecule has 23 heavy (non-hydrogen) atoms. The predicted molar refractivity (Wildman–Crippen MR) is 89.6 cm³/mol. The van der Waals surface area contributed by atoms with E-state index in [1.807, 2.05) is 44.2 Å². The topological polar surface area (TPSA) is 56.8 Å². The normalized spacial score (nSPS) is 10.1. The van der Waals surface area contributed by atoms with Crippen LogP contribution < -0.4 is 19.5 Å². The Morgan fingerprint density at radius 1 is 1.04 bits per heavy atom. The van der Waals surface area contributed by atoms with Crippen LogP contribution in [0.3, 0.4) is 0 Å². The van der Waals surface area contributed by atoms with Crippen LogP contribution in [0, 0.1) is 13.8 Å². The van der Waals surface area contributed by atoms with E-state index in [-0.39, 0.29) is 12.5 Å². The van der Waals surface area contributed by atoms with Gasteiger partial charge in [-0.05, 0) is 43.2 Å². The second-order valence-electron chi connectivity index (χ2n) is 5.18. The summed E-state index contributed by atoms with van der Waals surface area (Å²) in [5, 5.41) is 2.78. The number of rotatable bonds is 6. The van der Waals surface area contributed by atoms with Crippen molar-refractivity contribution in [3.05, 3.63) is 47.5 Å². The van der Waals surface area contributed by atoms with Crippen LogP contribution in [-0.2, 0) is 4.79 Å². The van der Waals surface area contributed by atoms with Gasteiger partial charge in [0.25, 0.3) is 5.91 Å². The minimum Gasteiger partial charge on any atom is -0.496 e. The molecule has 0 heterocycles. The number of benzene rings is 2. The van der Waals surface area contributed by atoms with E-state index >= 15 is 0 Å². The summed E-state index contributed by atoms with van der Waals surface area (Å²) in [4.78, 5) is 12.1. The number of hydrogen-bond acceptors (Lipinski definition) is 4. The Kier molecular flexibility index (Phi) is 5.46. The summed E-state index contributed by atoms with van der Waals surface area (Å²) in [5.74, 6) is 1.65. The number of amides is 1. The van der Waals surface area contributed by atoms with Crippen LogP contribution in [0.1, 0.15) is 11.1 Å². The zero-order valence-electron chi connectivity index (χ0n) is 13.8. The lowest BCUT2D eigenvalue weighted by atomic mass is 10.2. The molecular formula is C18H21NO4. The van der Waals surface area contributed by atoms with E-state index in [0.29, 0.717) is 22.9 Å². The summed E-state index contributed by atoms with van der Waals surface area (Å²) in [5.41, 5.74) is 2.55. The quantitative estimate of drug-likeness (QED) is 0.888. The number of methoxy groups -OCH3 is 2. The third-order valence-corrected chi connectivity index (χ3v) is 3.35. The molecule has 5 heteroatoms. The number of carbonyl (C=O) groups excluding carboxylic acids is 1. The van der Waals surface area contributed by atoms with Crippen LogP contribution in [0.25, 0.3) is 0 Å². The smallest absolute Gasteiger partial charge is 0.262 e. The molecular weight excluding hydrogens is 294 g/mol. The third kappa shape index (κ3) is 4.39. The molecule has 1 amide bonds. The average Bonchev–Trinajstić information content (AvgIpc) is 2.54. The molecule has 0 aliphatic rings. The highest BCUT2D eigenvalue weighted by molar-refractivity contribution is 5.93. The summed E-state index contributed by atoms with van der Waals surface area (Å²) >= 11 is 0. The lowest BCUT2D eigenvalue weighted by Gasteiger charge is -2.14. The Hall–Kier alpha value is -2.69. The molecule has 0 saturated carbocycles. The summed E-state index contributed by atoms with van der Waals surface area (Å²) in [7, 11) is 3.14. The number of anilines is 1. The van der Waals surface area contributed by atoms with Crippen molar-refractivity contribution in [1.82, 2.24) is 0 Å². The Bertz CT molecular complexity index is 697. The maximum absolute atomic E-state index is 12.1. The van der Waals surface area contributed by atoms with Gasteiger partial charge in [-0.1, -0.05) is 12.1 Å². The third-order valence-electron chi connectivity index (χ3n) is 3.35. The second kappa shape index (κ2) is 7.54. The van der Waals surface area contributed by atoms with Crippen LogP contribution >= 0.6 is 0 Å². The van der Waals surface area contributed by atoms with Gasteiger partial charge >= 0.3 is 0 Å². The Morgan fingerprint density at radius 2 is 1.78 bits per heavy atom. The molecule has 0 bridgehead atoms. The molecule has 0 spiro atoms. The van der Waals surface area contributed by atoms with Crippen LogP contribution in [0.2, 0.25) is 0 Å². The molecule has 2 aromatic rings. The van der Waals surface area contributed by atoms with Gasteiger partial charge in [0.2, 0.25) is 0 Å². The number of aryl methyl sites for hydroxylation is 2. The van der Waals surface area contributed by atoms with Gasteiger partial charge in [-0.2, -0.15) is 0 Å². The molecule has 0 unspecified atom stereocenters. The number of hydrogen-bond donors (Lipinski definition) is 1. The molecule has 0 fully saturated rings. The van der Waals surface area contributed by atoms with Gasteiger partial charge < -0.3 is 19.5 Å². The molecule has 2 rings (SSSR count). The lowest BCUT2D eigenvalue weighted by molar-refractivity contribution is -0.118. The standard InChI is InChI=1S/C18H21NO4/c1-12-6-5-7-14(8-12)23-11-18(20)19-15-10-16(21-3)13(2)9-17(15)22-4/h5-10H,11H2,1-4H3,(H,19,20). The van der Waals surface area contributed by atoms with Crippen molar-refractivity contribution in [3.63, 3.8) is 0 Å². The molecule has 0 saturated heterocycles. The number of carbonyl (C=O) groups is 1. The number of nitrogens with one attached hydrogen (secondary N) is 1. The Morgan fingerprint density at radius 3 is 2.43 bits per heavy atom. The molecule has 122 valence electrons. The van der Waals surface area contributed by atoms with E-state index in [1.165, 1.54) is 0 Å². The number of ether oxygens (including phenoxy) is 3. The van der Waals surface area contributed by atoms with Gasteiger partial charge in [-0.25, -0.2) is 0 Å². The first-order chi connectivity index (χ1) is 11.0. The van der Waals surface area contributed by atoms with E-state index in [9.17, 15) is 4.79 Å². The molecule has 2 aromatic carbocycles. The van der Waals surface area contributed by atoms with Crippen LogP contribution in [0.5, 0.6) is 17.2 Å². The summed E-state index contributed by atoms with van der Waals surface area (Å²) in [6, 6.07) is 11.1. The molecule has 0 aromatic heterocycles. The lowest BCUT2D eigenvalue weighted by Crippen LogP contribution is -2.20. The Balaban J connectivity index is 2.05. The first-order valence-electron chi connectivity index (χ1n) is 7.25. The second-order valence-corrected chi connectivity index (χ2v) is 5.18. The summed E-state index contributed by atoms with van der Waals surface area (Å²) in [6.45, 7) is 3.80. The van der Waals surface area contributed by atoms with Crippen LogP contribution in [0.4, 0.5) is 5.69 Å². The van der Waals surface area contributed by atoms with Crippen LogP contribution in [0.15, 0.2) is 36.4 Å². The van der Waals surface area contributed by atoms with Crippen molar-refractivity contribution in [2.45, 2.75) is 13.8 Å². The molecule has 0 radical (unpaired) electrons. The van der Waals surface area contributed by atoms with Gasteiger partial charge in [-0.3, -0.25) is 4.79 Å². The van der Waals surface area contributed by atoms with Crippen LogP contribution in [-0.4, -0.2) is 26.7 Å². The Labute approximate surface area is 136 Å². The highest BCUT2D eigenvalue weighted by atomic mass is 16.5. The van der Waals surface area contributed by atoms with Crippen molar-refractivity contribution in [2.75, 3.05) is 26.1 Å². The zero-order chi connectivity index (χ0) is 16.8. The van der Waals surface area contributed by atoms with Crippen molar-refractivity contribution < 1.29 is 19.0 Å². The maximum atomic E-state index is 12.1. The van der Waals surface area contributed by atoms with Crippen molar-refractivity contribution in [1.29, 1.82) is 0 Å². The molecule has 1 N–H and O–H groups in total. The van der Waals surface area contributed by atoms with Crippen molar-refractivity contribution in [3.8, 4) is 17.2 Å². The van der Waals surface area contributed by atoms with Crippen molar-refractivity contribution >= 4 is 11.6 Å². The van der Waals surface area contributed by atoms with Gasteiger partial charge in [0.1, 0.15) is 17.2 Å². The van der Waals surface area contributed by atoms with E-state index in [2.05, 4.69) is 5.32 Å². The summed E-state index contributed by atoms with van der Waals surface area (Å²) < 4.78 is 16.1. The van der Waals surface area contributed by atoms with E-state index in [4.69, 9.17) is 14.2 Å². The largest absolute Gasteiger partial charge is 0.496 e. The highest BCUT2D eigenvalue weighted by Gasteiger charge is 2.12. The summed E-state index contributed by atoms with van der Waals surface area (Å²) in [6.07, 6.45) is 0. The highest BCUT2D eigenvalue weighted by Crippen LogP contribution is 2.32. The van der Waals surface area contributed by atoms with E-state index < -0.39 is 0 Å². The molecule has 0 aliphatic heterocycles. The first-order valence-corrected chi connectivity index (χ1v) is 7.25. The zero-order valence-corrected chi connectivity index (χ0v) is 13.8. The van der Waals surface area contributed by atoms with Gasteiger partial charge in [0, 0.05) is 6.07 Å². The molecule has 5 nitrogen and oxygen atoms in total. The SMILES string of the molecule is COc1cc(NC(=O)COc2cccc(C)c2)c(OC)cc1C. The fraction of sp³-hybridized carbons (Fsp3) is 0.278. The average molecular weight is 315 g/mol. The minimum absolute atomic E-state index is 0.0806. The van der Waals surface area contributed by atoms with Gasteiger partial charge in [0.15, 0.2) is 6.61 Å². The van der Waals surface area contributed by atoms with Gasteiger partial charge in [0.05, 0.1) is 19.9 Å². The first kappa shape index (κ1) is 16.7. The fourth-order valence-corrected chi connectivity index (χ4v) is 2.19. The van der Waals surface area contributed by atoms with E-state index in [1.54, 1.807) is 20.3 Å². The van der Waals surface area contributed by atoms with Crippen molar-refractivity contribution in [2.24, 2.45) is 0 Å². The minimum atomic E-state index is -0.268. The molecule has 0 atom stereocenters. The molecule has 0 aliphatic carbocycles. The predicted octanol–water partition coefficient (Wildman–Crippen LogP) is 3.34. The monoisotopic (exact) mass is 315 g/mol. The fourth-order valence-electron chi connectivity index (χ4n) is 2.19. The maximum Gasteiger partial charge on any atom is 0.262 e. The van der Waals surface area contributed by atoms with E-state index in [0.717, 1.165) is 11.1 Å². The van der Waals surface area contributed by atoms with Gasteiger partial charge in [-0.15, -0.1) is 0 Å².